The standard InChI is InChI=1S/C13H9F4NO.C7H7NO4S/c1-19-7-4-2-3-6(5-7)8-9(14)11(16)13(18)12(17)10(8)15;1-2-12-7(11)5-4(6(9)10)8-3-13-5/h2-5H,18H2,1H3;3H,2H2,1H3,(H,9,10). The Kier molecular flexibility index (Phi) is 8.13. The fourth-order valence-corrected chi connectivity index (χ4v) is 3.09. The molecule has 0 aliphatic rings. The maximum atomic E-state index is 13.7. The summed E-state index contributed by atoms with van der Waals surface area (Å²) in [7, 11) is 1.36. The predicted octanol–water partition coefficient (Wildman–Crippen LogP) is 4.52. The highest BCUT2D eigenvalue weighted by Gasteiger charge is 2.25. The molecular formula is C20H16F4N2O5S. The molecule has 32 heavy (non-hydrogen) atoms. The van der Waals surface area contributed by atoms with Crippen LogP contribution in [-0.2, 0) is 4.74 Å². The number of aromatic carboxylic acids is 1. The number of carbonyl (C=O) groups excluding carboxylic acids is 1. The molecule has 0 fully saturated rings. The summed E-state index contributed by atoms with van der Waals surface area (Å²) in [6.45, 7) is 1.87. The molecule has 0 amide bonds. The summed E-state index contributed by atoms with van der Waals surface area (Å²) in [4.78, 5) is 25.2. The van der Waals surface area contributed by atoms with Crippen LogP contribution in [0.25, 0.3) is 11.1 Å². The van der Waals surface area contributed by atoms with Gasteiger partial charge in [-0.1, -0.05) is 12.1 Å². The third kappa shape index (κ3) is 5.14. The molecule has 0 saturated carbocycles. The minimum absolute atomic E-state index is 0.0364. The van der Waals surface area contributed by atoms with Gasteiger partial charge in [-0.15, -0.1) is 11.3 Å². The summed E-state index contributed by atoms with van der Waals surface area (Å²) in [6.07, 6.45) is 0. The average molecular weight is 472 g/mol. The van der Waals surface area contributed by atoms with Crippen molar-refractivity contribution in [3.63, 3.8) is 0 Å². The number of esters is 1. The van der Waals surface area contributed by atoms with E-state index in [0.717, 1.165) is 11.3 Å². The number of carbonyl (C=O) groups is 2. The van der Waals surface area contributed by atoms with Crippen molar-refractivity contribution < 1.29 is 41.7 Å². The third-order valence-electron chi connectivity index (χ3n) is 3.89. The highest BCUT2D eigenvalue weighted by Crippen LogP contribution is 2.34. The van der Waals surface area contributed by atoms with Gasteiger partial charge in [-0.2, -0.15) is 0 Å². The van der Waals surface area contributed by atoms with E-state index in [4.69, 9.17) is 15.6 Å². The van der Waals surface area contributed by atoms with E-state index in [1.54, 1.807) is 6.92 Å². The number of ether oxygens (including phenoxy) is 2. The van der Waals surface area contributed by atoms with Crippen LogP contribution >= 0.6 is 11.3 Å². The molecule has 0 unspecified atom stereocenters. The summed E-state index contributed by atoms with van der Waals surface area (Å²) in [5.41, 5.74) is 3.94. The molecule has 12 heteroatoms. The van der Waals surface area contributed by atoms with Crippen LogP contribution in [0.1, 0.15) is 27.1 Å². The van der Waals surface area contributed by atoms with Crippen LogP contribution in [0.4, 0.5) is 23.2 Å². The van der Waals surface area contributed by atoms with Crippen molar-refractivity contribution in [1.82, 2.24) is 4.98 Å². The zero-order chi connectivity index (χ0) is 24.0. The lowest BCUT2D eigenvalue weighted by atomic mass is 10.0. The number of hydrogen-bond donors (Lipinski definition) is 2. The minimum Gasteiger partial charge on any atom is -0.497 e. The summed E-state index contributed by atoms with van der Waals surface area (Å²) < 4.78 is 63.7. The van der Waals surface area contributed by atoms with E-state index in [9.17, 15) is 27.2 Å². The number of carboxylic acids is 1. The van der Waals surface area contributed by atoms with Gasteiger partial charge in [-0.05, 0) is 24.6 Å². The molecule has 0 aliphatic heterocycles. The highest BCUT2D eigenvalue weighted by atomic mass is 32.1. The van der Waals surface area contributed by atoms with Crippen LogP contribution in [0.15, 0.2) is 29.8 Å². The Bertz CT molecular complexity index is 1120. The zero-order valence-electron chi connectivity index (χ0n) is 16.6. The molecule has 7 nitrogen and oxygen atoms in total. The first kappa shape index (κ1) is 24.6. The van der Waals surface area contributed by atoms with E-state index in [1.165, 1.54) is 36.9 Å². The summed E-state index contributed by atoms with van der Waals surface area (Å²) in [5.74, 6) is -7.86. The van der Waals surface area contributed by atoms with Crippen molar-refractivity contribution in [1.29, 1.82) is 0 Å². The number of halogens is 4. The Morgan fingerprint density at radius 2 is 1.75 bits per heavy atom. The van der Waals surface area contributed by atoms with E-state index in [0.29, 0.717) is 5.75 Å². The van der Waals surface area contributed by atoms with Crippen molar-refractivity contribution in [2.45, 2.75) is 6.92 Å². The lowest BCUT2D eigenvalue weighted by molar-refractivity contribution is 0.0519. The minimum atomic E-state index is -1.61. The lowest BCUT2D eigenvalue weighted by Gasteiger charge is -2.10. The van der Waals surface area contributed by atoms with Crippen LogP contribution in [-0.4, -0.2) is 35.7 Å². The normalized spacial score (nSPS) is 10.2. The van der Waals surface area contributed by atoms with E-state index < -0.39 is 46.5 Å². The first-order valence-corrected chi connectivity index (χ1v) is 9.61. The van der Waals surface area contributed by atoms with Gasteiger partial charge in [0.05, 0.1) is 24.8 Å². The average Bonchev–Trinajstić information content (AvgIpc) is 3.28. The van der Waals surface area contributed by atoms with Gasteiger partial charge < -0.3 is 20.3 Å². The fourth-order valence-electron chi connectivity index (χ4n) is 2.42. The fraction of sp³-hybridized carbons (Fsp3) is 0.150. The number of nitrogen functional groups attached to an aromatic ring is 1. The van der Waals surface area contributed by atoms with Gasteiger partial charge in [-0.3, -0.25) is 0 Å². The van der Waals surface area contributed by atoms with Crippen LogP contribution in [0.3, 0.4) is 0 Å². The lowest BCUT2D eigenvalue weighted by Crippen LogP contribution is -2.09. The van der Waals surface area contributed by atoms with Crippen molar-refractivity contribution in [2.75, 3.05) is 19.5 Å². The van der Waals surface area contributed by atoms with Gasteiger partial charge >= 0.3 is 11.9 Å². The topological polar surface area (TPSA) is 112 Å². The van der Waals surface area contributed by atoms with E-state index >= 15 is 0 Å². The SMILES string of the molecule is CCOC(=O)c1scnc1C(=O)O.COc1cccc(-c2c(F)c(F)c(N)c(F)c2F)c1. The van der Waals surface area contributed by atoms with Crippen LogP contribution in [0, 0.1) is 23.3 Å². The smallest absolute Gasteiger partial charge is 0.356 e. The number of carboxylic acid groups (broad SMARTS) is 1. The summed E-state index contributed by atoms with van der Waals surface area (Å²) in [6, 6.07) is 5.54. The third-order valence-corrected chi connectivity index (χ3v) is 4.69. The quantitative estimate of drug-likeness (QED) is 0.243. The Hall–Kier alpha value is -3.67. The number of benzene rings is 2. The van der Waals surface area contributed by atoms with Crippen molar-refractivity contribution in [2.24, 2.45) is 0 Å². The zero-order valence-corrected chi connectivity index (χ0v) is 17.4. The Balaban J connectivity index is 0.000000244. The van der Waals surface area contributed by atoms with E-state index in [2.05, 4.69) is 9.72 Å². The Labute approximate surface area is 183 Å². The molecule has 0 atom stereocenters. The van der Waals surface area contributed by atoms with Crippen molar-refractivity contribution in [3.8, 4) is 16.9 Å². The number of nitrogens with two attached hydrogens (primary N) is 1. The molecule has 0 aliphatic carbocycles. The van der Waals surface area contributed by atoms with Gasteiger partial charge in [0.15, 0.2) is 29.0 Å². The van der Waals surface area contributed by atoms with Gasteiger partial charge in [-0.25, -0.2) is 32.1 Å². The van der Waals surface area contributed by atoms with E-state index in [-0.39, 0.29) is 22.7 Å². The molecule has 2 aromatic carbocycles. The van der Waals surface area contributed by atoms with Crippen LogP contribution < -0.4 is 10.5 Å². The maximum absolute atomic E-state index is 13.7. The number of nitrogens with zero attached hydrogens (tertiary/aromatic N) is 1. The van der Waals surface area contributed by atoms with Gasteiger partial charge in [0.1, 0.15) is 16.3 Å². The van der Waals surface area contributed by atoms with E-state index in [1.807, 2.05) is 0 Å². The number of anilines is 1. The summed E-state index contributed by atoms with van der Waals surface area (Å²) in [5, 5.41) is 8.61. The second kappa shape index (κ2) is 10.6. The van der Waals surface area contributed by atoms with Crippen molar-refractivity contribution in [3.05, 3.63) is 63.6 Å². The molecular weight excluding hydrogens is 456 g/mol. The molecule has 1 heterocycles. The monoisotopic (exact) mass is 472 g/mol. The Morgan fingerprint density at radius 1 is 1.12 bits per heavy atom. The molecule has 3 N–H and O–H groups in total. The number of aromatic nitrogens is 1. The maximum Gasteiger partial charge on any atom is 0.356 e. The Morgan fingerprint density at radius 3 is 2.28 bits per heavy atom. The molecule has 3 aromatic rings. The number of thiazole rings is 1. The molecule has 0 saturated heterocycles. The highest BCUT2D eigenvalue weighted by molar-refractivity contribution is 7.12. The van der Waals surface area contributed by atoms with Gasteiger partial charge in [0.25, 0.3) is 0 Å². The predicted molar refractivity (Wildman–Crippen MR) is 108 cm³/mol. The molecule has 0 spiro atoms. The largest absolute Gasteiger partial charge is 0.497 e. The molecule has 3 rings (SSSR count). The number of rotatable bonds is 5. The van der Waals surface area contributed by atoms with Gasteiger partial charge in [0, 0.05) is 0 Å². The molecule has 1 aromatic heterocycles. The van der Waals surface area contributed by atoms with Gasteiger partial charge in [0.2, 0.25) is 0 Å². The van der Waals surface area contributed by atoms with Crippen LogP contribution in [0.2, 0.25) is 0 Å². The summed E-state index contributed by atoms with van der Waals surface area (Å²) >= 11 is 0.959. The second-order valence-electron chi connectivity index (χ2n) is 5.83. The number of methoxy groups -OCH3 is 1. The second-order valence-corrected chi connectivity index (χ2v) is 6.69. The molecule has 170 valence electrons. The number of hydrogen-bond acceptors (Lipinski definition) is 7. The van der Waals surface area contributed by atoms with Crippen molar-refractivity contribution >= 4 is 29.0 Å². The van der Waals surface area contributed by atoms with Crippen LogP contribution in [0.5, 0.6) is 5.75 Å². The molecule has 0 radical (unpaired) electrons. The molecule has 0 bridgehead atoms. The first-order chi connectivity index (χ1) is 15.1. The first-order valence-electron chi connectivity index (χ1n) is 8.73.